The Labute approximate surface area is 208 Å². The fourth-order valence-corrected chi connectivity index (χ4v) is 5.90. The van der Waals surface area contributed by atoms with Gasteiger partial charge in [-0.05, 0) is 68.5 Å². The molecule has 0 radical (unpaired) electrons. The molecule has 182 valence electrons. The molecule has 2 bridgehead atoms. The van der Waals surface area contributed by atoms with Gasteiger partial charge in [-0.15, -0.1) is 0 Å². The molecule has 2 aromatic carbocycles. The first-order valence-electron chi connectivity index (χ1n) is 12.2. The maximum absolute atomic E-state index is 13.8. The van der Waals surface area contributed by atoms with Crippen molar-refractivity contribution in [1.29, 1.82) is 0 Å². The summed E-state index contributed by atoms with van der Waals surface area (Å²) in [6, 6.07) is 16.1. The number of aromatic nitrogens is 1. The Morgan fingerprint density at radius 3 is 2.33 bits per heavy atom. The van der Waals surface area contributed by atoms with E-state index in [1.807, 2.05) is 44.2 Å². The highest BCUT2D eigenvalue weighted by molar-refractivity contribution is 6.06. The molecule has 1 aromatic heterocycles. The van der Waals surface area contributed by atoms with Crippen LogP contribution in [-0.2, 0) is 16.2 Å². The lowest BCUT2D eigenvalue weighted by molar-refractivity contribution is -0.140. The largest absolute Gasteiger partial charge is 0.489 e. The lowest BCUT2D eigenvalue weighted by Crippen LogP contribution is -2.28. The third kappa shape index (κ3) is 3.58. The van der Waals surface area contributed by atoms with E-state index in [1.165, 1.54) is 6.07 Å². The first-order chi connectivity index (χ1) is 17.4. The Balaban J connectivity index is 1.18. The molecule has 6 rings (SSSR count). The van der Waals surface area contributed by atoms with Crippen LogP contribution in [0, 0.1) is 43.3 Å². The van der Waals surface area contributed by atoms with Crippen molar-refractivity contribution in [2.45, 2.75) is 26.9 Å². The molecule has 36 heavy (non-hydrogen) atoms. The van der Waals surface area contributed by atoms with E-state index in [0.29, 0.717) is 11.3 Å². The van der Waals surface area contributed by atoms with E-state index in [0.717, 1.165) is 34.1 Å². The van der Waals surface area contributed by atoms with Gasteiger partial charge in [0.1, 0.15) is 18.2 Å². The van der Waals surface area contributed by atoms with Crippen LogP contribution in [0.15, 0.2) is 71.9 Å². The monoisotopic (exact) mass is 483 g/mol. The number of fused-ring (bicyclic) bond motifs is 5. The maximum atomic E-state index is 13.8. The molecule has 3 aliphatic rings. The minimum Gasteiger partial charge on any atom is -0.489 e. The number of carbonyl (C=O) groups is 2. The highest BCUT2D eigenvalue weighted by Crippen LogP contribution is 2.52. The van der Waals surface area contributed by atoms with Gasteiger partial charge in [-0.2, -0.15) is 10.1 Å². The van der Waals surface area contributed by atoms with Gasteiger partial charge in [0.25, 0.3) is 11.8 Å². The topological polar surface area (TPSA) is 63.9 Å². The molecule has 7 heteroatoms. The van der Waals surface area contributed by atoms with E-state index >= 15 is 0 Å². The SMILES string of the molecule is Cc1cc(C=NN2C(=O)C3C4C=CC(C4)C3C2=O)c(C)n1-c1ccc(OCc2ccccc2F)cc1. The van der Waals surface area contributed by atoms with Crippen molar-refractivity contribution in [3.05, 3.63) is 95.1 Å². The van der Waals surface area contributed by atoms with Crippen molar-refractivity contribution in [2.24, 2.45) is 28.8 Å². The second-order valence-corrected chi connectivity index (χ2v) is 9.77. The Hall–Kier alpha value is -4.00. The predicted octanol–water partition coefficient (Wildman–Crippen LogP) is 4.95. The number of aryl methyl sites for hydroxylation is 1. The molecule has 2 aliphatic carbocycles. The zero-order chi connectivity index (χ0) is 25.0. The van der Waals surface area contributed by atoms with E-state index < -0.39 is 0 Å². The van der Waals surface area contributed by atoms with Gasteiger partial charge in [0.05, 0.1) is 18.1 Å². The summed E-state index contributed by atoms with van der Waals surface area (Å²) in [6.45, 7) is 4.12. The summed E-state index contributed by atoms with van der Waals surface area (Å²) >= 11 is 0. The molecule has 1 aliphatic heterocycles. The van der Waals surface area contributed by atoms with Gasteiger partial charge >= 0.3 is 0 Å². The summed E-state index contributed by atoms with van der Waals surface area (Å²) < 4.78 is 21.7. The molecule has 6 nitrogen and oxygen atoms in total. The summed E-state index contributed by atoms with van der Waals surface area (Å²) in [7, 11) is 0. The zero-order valence-electron chi connectivity index (χ0n) is 20.1. The molecule has 4 unspecified atom stereocenters. The Morgan fingerprint density at radius 1 is 1.00 bits per heavy atom. The average molecular weight is 484 g/mol. The van der Waals surface area contributed by atoms with Gasteiger partial charge in [-0.25, -0.2) is 4.39 Å². The summed E-state index contributed by atoms with van der Waals surface area (Å²) in [4.78, 5) is 25.8. The second kappa shape index (κ2) is 8.59. The summed E-state index contributed by atoms with van der Waals surface area (Å²) in [5.41, 5.74) is 4.22. The number of halogens is 1. The number of carbonyl (C=O) groups excluding carboxylic acids is 2. The molecule has 2 amide bonds. The Morgan fingerprint density at radius 2 is 1.67 bits per heavy atom. The number of nitrogens with zero attached hydrogens (tertiary/aromatic N) is 3. The van der Waals surface area contributed by atoms with E-state index in [-0.39, 0.29) is 47.9 Å². The zero-order valence-corrected chi connectivity index (χ0v) is 20.1. The van der Waals surface area contributed by atoms with Gasteiger partial charge in [-0.3, -0.25) is 9.59 Å². The van der Waals surface area contributed by atoms with Gasteiger partial charge in [0.2, 0.25) is 0 Å². The molecule has 2 fully saturated rings. The normalized spacial score (nSPS) is 24.4. The molecule has 0 spiro atoms. The highest BCUT2D eigenvalue weighted by atomic mass is 19.1. The van der Waals surface area contributed by atoms with Crippen LogP contribution >= 0.6 is 0 Å². The molecular formula is C29H26FN3O3. The number of hydrogen-bond donors (Lipinski definition) is 0. The number of amides is 2. The molecule has 2 heterocycles. The van der Waals surface area contributed by atoms with Crippen molar-refractivity contribution in [1.82, 2.24) is 9.58 Å². The number of hydrogen-bond acceptors (Lipinski definition) is 4. The number of imide groups is 1. The Bertz CT molecular complexity index is 1390. The quantitative estimate of drug-likeness (QED) is 0.283. The van der Waals surface area contributed by atoms with Crippen LogP contribution in [0.2, 0.25) is 0 Å². The van der Waals surface area contributed by atoms with Crippen LogP contribution in [0.5, 0.6) is 5.75 Å². The number of rotatable bonds is 6. The molecule has 1 saturated carbocycles. The lowest BCUT2D eigenvalue weighted by Gasteiger charge is -2.13. The number of hydrazone groups is 1. The minimum absolute atomic E-state index is 0.154. The van der Waals surface area contributed by atoms with Crippen molar-refractivity contribution in [3.63, 3.8) is 0 Å². The van der Waals surface area contributed by atoms with E-state index in [2.05, 4.69) is 21.8 Å². The van der Waals surface area contributed by atoms with Crippen LogP contribution in [0.1, 0.15) is 28.9 Å². The maximum Gasteiger partial charge on any atom is 0.254 e. The van der Waals surface area contributed by atoms with Crippen molar-refractivity contribution in [2.75, 3.05) is 0 Å². The molecule has 0 N–H and O–H groups in total. The highest BCUT2D eigenvalue weighted by Gasteiger charge is 2.59. The predicted molar refractivity (Wildman–Crippen MR) is 133 cm³/mol. The second-order valence-electron chi connectivity index (χ2n) is 9.77. The smallest absolute Gasteiger partial charge is 0.254 e. The first kappa shape index (κ1) is 22.5. The average Bonchev–Trinajstić information content (AvgIpc) is 3.62. The van der Waals surface area contributed by atoms with Crippen LogP contribution in [0.25, 0.3) is 5.69 Å². The van der Waals surface area contributed by atoms with Crippen molar-refractivity contribution < 1.29 is 18.7 Å². The van der Waals surface area contributed by atoms with E-state index in [1.54, 1.807) is 24.4 Å². The van der Waals surface area contributed by atoms with Crippen LogP contribution in [-0.4, -0.2) is 27.6 Å². The van der Waals surface area contributed by atoms with Crippen LogP contribution in [0.4, 0.5) is 4.39 Å². The van der Waals surface area contributed by atoms with Gasteiger partial charge < -0.3 is 9.30 Å². The summed E-state index contributed by atoms with van der Waals surface area (Å²) in [5, 5.41) is 5.41. The summed E-state index contributed by atoms with van der Waals surface area (Å²) in [5.74, 6) is -0.179. The number of allylic oxidation sites excluding steroid dienone is 2. The van der Waals surface area contributed by atoms with Gasteiger partial charge in [0.15, 0.2) is 0 Å². The third-order valence-corrected chi connectivity index (χ3v) is 7.68. The molecule has 1 saturated heterocycles. The Kier molecular flexibility index (Phi) is 5.36. The fourth-order valence-electron chi connectivity index (χ4n) is 5.90. The standard InChI is InChI=1S/C29H26FN3O3/c1-17-13-22(15-31-33-28(34)26-19-7-8-20(14-19)27(26)29(33)35)18(2)32(17)23-9-11-24(12-10-23)36-16-21-5-3-4-6-25(21)30/h3-13,15,19-20,26-27H,14,16H2,1-2H3. The van der Waals surface area contributed by atoms with E-state index in [4.69, 9.17) is 4.74 Å². The van der Waals surface area contributed by atoms with Crippen molar-refractivity contribution >= 4 is 18.0 Å². The minimum atomic E-state index is -0.286. The van der Waals surface area contributed by atoms with Crippen LogP contribution in [0.3, 0.4) is 0 Å². The van der Waals surface area contributed by atoms with Crippen molar-refractivity contribution in [3.8, 4) is 11.4 Å². The van der Waals surface area contributed by atoms with E-state index in [9.17, 15) is 14.0 Å². The van der Waals surface area contributed by atoms with Gasteiger partial charge in [-0.1, -0.05) is 30.4 Å². The molecule has 3 aromatic rings. The number of benzene rings is 2. The number of ether oxygens (including phenoxy) is 1. The first-order valence-corrected chi connectivity index (χ1v) is 12.2. The third-order valence-electron chi connectivity index (χ3n) is 7.68. The lowest BCUT2D eigenvalue weighted by atomic mass is 9.85. The van der Waals surface area contributed by atoms with Crippen LogP contribution < -0.4 is 4.74 Å². The van der Waals surface area contributed by atoms with Gasteiger partial charge in [0, 0.05) is 28.2 Å². The fraction of sp³-hybridized carbons (Fsp3) is 0.276. The molecule has 4 atom stereocenters. The molecular weight excluding hydrogens is 457 g/mol. The summed E-state index contributed by atoms with van der Waals surface area (Å²) in [6.07, 6.45) is 6.66.